The van der Waals surface area contributed by atoms with E-state index in [0.29, 0.717) is 19.1 Å². The van der Waals surface area contributed by atoms with Crippen LogP contribution in [-0.4, -0.2) is 39.1 Å². The summed E-state index contributed by atoms with van der Waals surface area (Å²) in [6.07, 6.45) is 8.88. The van der Waals surface area contributed by atoms with Crippen molar-refractivity contribution in [2.45, 2.75) is 44.3 Å². The lowest BCUT2D eigenvalue weighted by atomic mass is 9.80. The summed E-state index contributed by atoms with van der Waals surface area (Å²) in [6.45, 7) is 6.77. The molecule has 1 aromatic carbocycles. The Hall–Kier alpha value is -3.12. The molecule has 172 valence electrons. The number of amides is 1. The number of pyridine rings is 1. The van der Waals surface area contributed by atoms with Gasteiger partial charge in [-0.1, -0.05) is 24.3 Å². The van der Waals surface area contributed by atoms with Crippen molar-refractivity contribution in [3.05, 3.63) is 82.9 Å². The van der Waals surface area contributed by atoms with Gasteiger partial charge in [0, 0.05) is 62.1 Å². The van der Waals surface area contributed by atoms with Gasteiger partial charge in [0.05, 0.1) is 5.92 Å². The maximum absolute atomic E-state index is 14.0. The number of benzene rings is 1. The fourth-order valence-electron chi connectivity index (χ4n) is 5.22. The predicted octanol–water partition coefficient (Wildman–Crippen LogP) is 3.41. The third-order valence-corrected chi connectivity index (χ3v) is 7.16. The van der Waals surface area contributed by atoms with Crippen LogP contribution in [0.25, 0.3) is 10.9 Å². The zero-order valence-corrected chi connectivity index (χ0v) is 19.2. The van der Waals surface area contributed by atoms with Crippen LogP contribution in [-0.2, 0) is 24.9 Å². The van der Waals surface area contributed by atoms with Crippen molar-refractivity contribution in [1.82, 2.24) is 19.4 Å². The van der Waals surface area contributed by atoms with Gasteiger partial charge in [-0.3, -0.25) is 9.59 Å². The second-order valence-electron chi connectivity index (χ2n) is 9.42. The number of nitrogens with zero attached hydrogens (tertiary/aromatic N) is 3. The highest BCUT2D eigenvalue weighted by Crippen LogP contribution is 2.36. The van der Waals surface area contributed by atoms with Crippen LogP contribution < -0.4 is 10.9 Å². The molecule has 1 amide bonds. The number of carbonyl (C=O) groups excluding carboxylic acids is 1. The first-order valence-corrected chi connectivity index (χ1v) is 11.9. The lowest BCUT2D eigenvalue weighted by molar-refractivity contribution is -0.138. The molecule has 0 bridgehead atoms. The Labute approximate surface area is 194 Å². The Bertz CT molecular complexity index is 1240. The van der Waals surface area contributed by atoms with Crippen molar-refractivity contribution in [2.75, 3.05) is 13.1 Å². The minimum Gasteiger partial charge on any atom is -0.343 e. The second kappa shape index (κ2) is 9.02. The van der Waals surface area contributed by atoms with Gasteiger partial charge < -0.3 is 19.4 Å². The number of aryl methyl sites for hydroxylation is 1. The number of fused-ring (bicyclic) bond motifs is 1. The maximum Gasteiger partial charge on any atom is 0.250 e. The van der Waals surface area contributed by atoms with Crippen LogP contribution in [0.2, 0.25) is 0 Å². The molecule has 1 saturated carbocycles. The highest BCUT2D eigenvalue weighted by atomic mass is 16.2. The van der Waals surface area contributed by atoms with Crippen molar-refractivity contribution >= 4 is 16.8 Å². The molecular weight excluding hydrogens is 412 g/mol. The number of piperidine rings is 1. The van der Waals surface area contributed by atoms with E-state index in [-0.39, 0.29) is 23.3 Å². The fraction of sp³-hybridized carbons (Fsp3) is 0.407. The summed E-state index contributed by atoms with van der Waals surface area (Å²) in [5, 5.41) is 4.62. The third-order valence-electron chi connectivity index (χ3n) is 7.16. The van der Waals surface area contributed by atoms with Crippen LogP contribution in [0.4, 0.5) is 0 Å². The quantitative estimate of drug-likeness (QED) is 0.568. The van der Waals surface area contributed by atoms with Crippen LogP contribution in [0, 0.1) is 5.92 Å². The molecule has 6 heteroatoms. The van der Waals surface area contributed by atoms with Gasteiger partial charge in [0.2, 0.25) is 5.91 Å². The molecule has 3 heterocycles. The molecule has 2 aromatic heterocycles. The average molecular weight is 445 g/mol. The first-order chi connectivity index (χ1) is 16.1. The van der Waals surface area contributed by atoms with E-state index in [1.54, 1.807) is 17.7 Å². The molecule has 2 fully saturated rings. The number of rotatable bonds is 7. The highest BCUT2D eigenvalue weighted by Gasteiger charge is 2.40. The summed E-state index contributed by atoms with van der Waals surface area (Å²) in [5.41, 5.74) is 3.32. The molecule has 1 aliphatic carbocycles. The Morgan fingerprint density at radius 1 is 1.24 bits per heavy atom. The van der Waals surface area contributed by atoms with Crippen molar-refractivity contribution in [2.24, 2.45) is 13.0 Å². The molecule has 0 radical (unpaired) electrons. The van der Waals surface area contributed by atoms with Crippen molar-refractivity contribution in [3.63, 3.8) is 0 Å². The standard InChI is InChI=1S/C27H32N4O2/c1-3-13-30-17-20(23-6-4-5-7-25(23)30)18-31(21-8-9-21)27(33)24-16-28-12-10-22(24)19-11-14-29(2)26(32)15-19/h3-7,11,14-15,17,21-22,24,28H,1,8-10,12-13,16,18H2,2H3. The van der Waals surface area contributed by atoms with E-state index < -0.39 is 0 Å². The zero-order chi connectivity index (χ0) is 22.9. The van der Waals surface area contributed by atoms with Crippen LogP contribution in [0.3, 0.4) is 0 Å². The number of hydrogen-bond donors (Lipinski definition) is 1. The van der Waals surface area contributed by atoms with Crippen molar-refractivity contribution in [3.8, 4) is 0 Å². The molecule has 5 rings (SSSR count). The molecule has 0 spiro atoms. The number of allylic oxidation sites excluding steroid dienone is 1. The summed E-state index contributed by atoms with van der Waals surface area (Å²) >= 11 is 0. The molecule has 1 saturated heterocycles. The van der Waals surface area contributed by atoms with Crippen LogP contribution >= 0.6 is 0 Å². The van der Waals surface area contributed by atoms with Crippen molar-refractivity contribution in [1.29, 1.82) is 0 Å². The third kappa shape index (κ3) is 4.27. The number of para-hydroxylation sites is 1. The summed E-state index contributed by atoms with van der Waals surface area (Å²) in [7, 11) is 1.76. The minimum atomic E-state index is -0.159. The fourth-order valence-corrected chi connectivity index (χ4v) is 5.22. The van der Waals surface area contributed by atoms with Gasteiger partial charge in [-0.25, -0.2) is 0 Å². The number of carbonyl (C=O) groups is 1. The van der Waals surface area contributed by atoms with E-state index in [1.165, 1.54) is 16.5 Å². The average Bonchev–Trinajstić information content (AvgIpc) is 3.62. The monoisotopic (exact) mass is 444 g/mol. The number of nitrogens with one attached hydrogen (secondary N) is 1. The van der Waals surface area contributed by atoms with Crippen LogP contribution in [0.1, 0.15) is 36.3 Å². The van der Waals surface area contributed by atoms with E-state index >= 15 is 0 Å². The Morgan fingerprint density at radius 2 is 2.06 bits per heavy atom. The van der Waals surface area contributed by atoms with Gasteiger partial charge in [0.15, 0.2) is 0 Å². The topological polar surface area (TPSA) is 59.3 Å². The molecule has 2 atom stereocenters. The summed E-state index contributed by atoms with van der Waals surface area (Å²) in [4.78, 5) is 28.3. The molecule has 1 N–H and O–H groups in total. The minimum absolute atomic E-state index is 0.0219. The van der Waals surface area contributed by atoms with Gasteiger partial charge in [-0.2, -0.15) is 0 Å². The van der Waals surface area contributed by atoms with E-state index in [2.05, 4.69) is 51.8 Å². The first-order valence-electron chi connectivity index (χ1n) is 11.9. The van der Waals surface area contributed by atoms with Gasteiger partial charge in [-0.15, -0.1) is 6.58 Å². The number of hydrogen-bond acceptors (Lipinski definition) is 3. The normalized spacial score (nSPS) is 20.6. The van der Waals surface area contributed by atoms with E-state index in [9.17, 15) is 9.59 Å². The van der Waals surface area contributed by atoms with E-state index in [4.69, 9.17) is 0 Å². The molecule has 2 unspecified atom stereocenters. The smallest absolute Gasteiger partial charge is 0.250 e. The van der Waals surface area contributed by atoms with Gasteiger partial charge in [0.1, 0.15) is 0 Å². The molecular formula is C27H32N4O2. The van der Waals surface area contributed by atoms with Crippen LogP contribution in [0.5, 0.6) is 0 Å². The van der Waals surface area contributed by atoms with E-state index in [0.717, 1.165) is 37.9 Å². The first kappa shape index (κ1) is 21.7. The van der Waals surface area contributed by atoms with Crippen LogP contribution in [0.15, 0.2) is 66.2 Å². The molecule has 3 aromatic rings. The lowest BCUT2D eigenvalue weighted by Crippen LogP contribution is -2.47. The summed E-state index contributed by atoms with van der Waals surface area (Å²) in [6, 6.07) is 12.4. The maximum atomic E-state index is 14.0. The number of aromatic nitrogens is 2. The Kier molecular flexibility index (Phi) is 5.94. The molecule has 33 heavy (non-hydrogen) atoms. The predicted molar refractivity (Wildman–Crippen MR) is 131 cm³/mol. The van der Waals surface area contributed by atoms with Gasteiger partial charge >= 0.3 is 0 Å². The van der Waals surface area contributed by atoms with Gasteiger partial charge in [0.25, 0.3) is 5.56 Å². The lowest BCUT2D eigenvalue weighted by Gasteiger charge is -2.35. The highest BCUT2D eigenvalue weighted by molar-refractivity contribution is 5.85. The Morgan fingerprint density at radius 3 is 2.82 bits per heavy atom. The second-order valence-corrected chi connectivity index (χ2v) is 9.42. The van der Waals surface area contributed by atoms with Gasteiger partial charge in [-0.05, 0) is 55.0 Å². The summed E-state index contributed by atoms with van der Waals surface area (Å²) < 4.78 is 3.79. The molecule has 1 aliphatic heterocycles. The SMILES string of the molecule is C=CCn1cc(CN(C(=O)C2CNCCC2c2ccn(C)c(=O)c2)C2CC2)c2ccccc21. The Balaban J connectivity index is 1.45. The molecule has 6 nitrogen and oxygen atoms in total. The zero-order valence-electron chi connectivity index (χ0n) is 19.2. The largest absolute Gasteiger partial charge is 0.343 e. The van der Waals surface area contributed by atoms with Crippen molar-refractivity contribution < 1.29 is 4.79 Å². The molecule has 2 aliphatic rings. The van der Waals surface area contributed by atoms with E-state index in [1.807, 2.05) is 18.3 Å². The summed E-state index contributed by atoms with van der Waals surface area (Å²) in [5.74, 6) is 0.111.